The maximum Gasteiger partial charge on any atom is 0.0682 e. The molecular weight excluding hydrogens is 224 g/mol. The fourth-order valence-electron chi connectivity index (χ4n) is 2.10. The second-order valence-electron chi connectivity index (χ2n) is 6.06. The minimum Gasteiger partial charge on any atom is -0.375 e. The molecule has 1 atom stereocenters. The van der Waals surface area contributed by atoms with Crippen molar-refractivity contribution in [2.45, 2.75) is 66.1 Å². The van der Waals surface area contributed by atoms with Gasteiger partial charge in [-0.05, 0) is 38.2 Å². The number of hydrogen-bond donors (Lipinski definition) is 0. The Morgan fingerprint density at radius 3 is 2.44 bits per heavy atom. The van der Waals surface area contributed by atoms with Crippen LogP contribution in [0.2, 0.25) is 0 Å². The highest BCUT2D eigenvalue weighted by Gasteiger charge is 2.22. The molecule has 0 saturated carbocycles. The molecule has 0 aliphatic heterocycles. The third-order valence-corrected chi connectivity index (χ3v) is 2.61. The van der Waals surface area contributed by atoms with Crippen LogP contribution in [0.15, 0.2) is 6.20 Å². The SMILES string of the molecule is CC(C)C.CC(C)OC1CCc2cn(C)nc2C1. The summed E-state index contributed by atoms with van der Waals surface area (Å²) in [5.41, 5.74) is 2.63. The summed E-state index contributed by atoms with van der Waals surface area (Å²) < 4.78 is 7.71. The van der Waals surface area contributed by atoms with Gasteiger partial charge in [0.15, 0.2) is 0 Å². The van der Waals surface area contributed by atoms with E-state index in [9.17, 15) is 0 Å². The molecule has 3 heteroatoms. The van der Waals surface area contributed by atoms with Gasteiger partial charge in [-0.1, -0.05) is 20.8 Å². The van der Waals surface area contributed by atoms with Crippen molar-refractivity contribution in [1.82, 2.24) is 9.78 Å². The van der Waals surface area contributed by atoms with Crippen LogP contribution in [0.4, 0.5) is 0 Å². The predicted molar refractivity (Wildman–Crippen MR) is 75.8 cm³/mol. The van der Waals surface area contributed by atoms with Crippen LogP contribution in [0.3, 0.4) is 0 Å². The lowest BCUT2D eigenvalue weighted by Gasteiger charge is -2.23. The zero-order valence-electron chi connectivity index (χ0n) is 12.7. The number of fused-ring (bicyclic) bond motifs is 1. The summed E-state index contributed by atoms with van der Waals surface area (Å²) in [5, 5.41) is 4.45. The Morgan fingerprint density at radius 2 is 1.89 bits per heavy atom. The van der Waals surface area contributed by atoms with Gasteiger partial charge in [0.2, 0.25) is 0 Å². The Morgan fingerprint density at radius 1 is 1.28 bits per heavy atom. The molecule has 104 valence electrons. The maximum atomic E-state index is 5.81. The molecule has 0 aromatic carbocycles. The number of hydrogen-bond acceptors (Lipinski definition) is 2. The van der Waals surface area contributed by atoms with Gasteiger partial charge in [-0.3, -0.25) is 4.68 Å². The van der Waals surface area contributed by atoms with E-state index in [1.807, 2.05) is 11.7 Å². The molecular formula is C15H28N2O. The van der Waals surface area contributed by atoms with Gasteiger partial charge in [-0.2, -0.15) is 5.10 Å². The van der Waals surface area contributed by atoms with Crippen LogP contribution in [-0.4, -0.2) is 22.0 Å². The van der Waals surface area contributed by atoms with Gasteiger partial charge >= 0.3 is 0 Å². The molecule has 0 N–H and O–H groups in total. The molecule has 0 saturated heterocycles. The second-order valence-corrected chi connectivity index (χ2v) is 6.06. The number of aryl methyl sites for hydroxylation is 2. The molecule has 1 heterocycles. The first-order valence-electron chi connectivity index (χ1n) is 7.05. The molecule has 0 amide bonds. The molecule has 1 aromatic heterocycles. The highest BCUT2D eigenvalue weighted by atomic mass is 16.5. The van der Waals surface area contributed by atoms with E-state index in [1.165, 1.54) is 11.3 Å². The number of rotatable bonds is 2. The molecule has 0 spiro atoms. The van der Waals surface area contributed by atoms with Crippen LogP contribution >= 0.6 is 0 Å². The minimum absolute atomic E-state index is 0.324. The van der Waals surface area contributed by atoms with E-state index < -0.39 is 0 Å². The predicted octanol–water partition coefficient (Wildman–Crippen LogP) is 3.36. The average molecular weight is 252 g/mol. The third kappa shape index (κ3) is 5.21. The van der Waals surface area contributed by atoms with Crippen molar-refractivity contribution in [3.63, 3.8) is 0 Å². The molecule has 2 rings (SSSR count). The Kier molecular flexibility index (Phi) is 5.86. The third-order valence-electron chi connectivity index (χ3n) is 2.61. The molecule has 1 unspecified atom stereocenters. The smallest absolute Gasteiger partial charge is 0.0682 e. The molecule has 0 fully saturated rings. The van der Waals surface area contributed by atoms with Crippen LogP contribution < -0.4 is 0 Å². The van der Waals surface area contributed by atoms with E-state index in [-0.39, 0.29) is 0 Å². The Hall–Kier alpha value is -0.830. The maximum absolute atomic E-state index is 5.81. The monoisotopic (exact) mass is 252 g/mol. The Bertz CT molecular complexity index is 353. The van der Waals surface area contributed by atoms with Gasteiger partial charge in [0.05, 0.1) is 17.9 Å². The first-order valence-corrected chi connectivity index (χ1v) is 7.05. The summed E-state index contributed by atoms with van der Waals surface area (Å²) in [7, 11) is 1.98. The molecule has 1 aliphatic carbocycles. The lowest BCUT2D eigenvalue weighted by Crippen LogP contribution is -2.25. The van der Waals surface area contributed by atoms with Gasteiger partial charge in [0, 0.05) is 19.7 Å². The van der Waals surface area contributed by atoms with Crippen molar-refractivity contribution >= 4 is 0 Å². The summed E-state index contributed by atoms with van der Waals surface area (Å²) >= 11 is 0. The zero-order valence-corrected chi connectivity index (χ0v) is 12.7. The number of aromatic nitrogens is 2. The van der Waals surface area contributed by atoms with E-state index in [0.29, 0.717) is 12.2 Å². The van der Waals surface area contributed by atoms with Gasteiger partial charge in [0.25, 0.3) is 0 Å². The standard InChI is InChI=1S/C11H18N2O.C4H10/c1-8(2)14-10-5-4-9-7-13(3)12-11(9)6-10;1-4(2)3/h7-8,10H,4-6H2,1-3H3;4H,1-3H3. The van der Waals surface area contributed by atoms with Crippen molar-refractivity contribution in [2.75, 3.05) is 0 Å². The highest BCUT2D eigenvalue weighted by molar-refractivity contribution is 5.21. The summed E-state index contributed by atoms with van der Waals surface area (Å²) in [6.45, 7) is 10.7. The van der Waals surface area contributed by atoms with Gasteiger partial charge in [0.1, 0.15) is 0 Å². The lowest BCUT2D eigenvalue weighted by molar-refractivity contribution is 0.000359. The zero-order chi connectivity index (χ0) is 13.7. The van der Waals surface area contributed by atoms with E-state index in [2.05, 4.69) is 45.9 Å². The van der Waals surface area contributed by atoms with Crippen LogP contribution in [-0.2, 0) is 24.6 Å². The molecule has 18 heavy (non-hydrogen) atoms. The number of ether oxygens (including phenoxy) is 1. The van der Waals surface area contributed by atoms with Crippen molar-refractivity contribution < 1.29 is 4.74 Å². The van der Waals surface area contributed by atoms with Crippen LogP contribution in [0, 0.1) is 5.92 Å². The summed E-state index contributed by atoms with van der Waals surface area (Å²) in [6.07, 6.45) is 6.05. The molecule has 1 aromatic rings. The highest BCUT2D eigenvalue weighted by Crippen LogP contribution is 2.22. The summed E-state index contributed by atoms with van der Waals surface area (Å²) in [4.78, 5) is 0. The average Bonchev–Trinajstić information content (AvgIpc) is 2.55. The van der Waals surface area contributed by atoms with E-state index in [1.54, 1.807) is 0 Å². The van der Waals surface area contributed by atoms with Crippen LogP contribution in [0.25, 0.3) is 0 Å². The Labute approximate surface area is 112 Å². The van der Waals surface area contributed by atoms with Gasteiger partial charge < -0.3 is 4.74 Å². The topological polar surface area (TPSA) is 27.1 Å². The fraction of sp³-hybridized carbons (Fsp3) is 0.800. The summed E-state index contributed by atoms with van der Waals surface area (Å²) in [6, 6.07) is 0. The van der Waals surface area contributed by atoms with Crippen LogP contribution in [0.1, 0.15) is 52.3 Å². The normalized spacial score (nSPS) is 18.6. The van der Waals surface area contributed by atoms with Crippen molar-refractivity contribution in [3.05, 3.63) is 17.5 Å². The molecule has 0 bridgehead atoms. The molecule has 0 radical (unpaired) electrons. The van der Waals surface area contributed by atoms with Crippen molar-refractivity contribution in [3.8, 4) is 0 Å². The minimum atomic E-state index is 0.324. The van der Waals surface area contributed by atoms with Gasteiger partial charge in [-0.15, -0.1) is 0 Å². The van der Waals surface area contributed by atoms with E-state index >= 15 is 0 Å². The van der Waals surface area contributed by atoms with Gasteiger partial charge in [-0.25, -0.2) is 0 Å². The van der Waals surface area contributed by atoms with E-state index in [0.717, 1.165) is 25.2 Å². The van der Waals surface area contributed by atoms with E-state index in [4.69, 9.17) is 4.74 Å². The molecule has 3 nitrogen and oxygen atoms in total. The first kappa shape index (κ1) is 15.2. The van der Waals surface area contributed by atoms with Crippen molar-refractivity contribution in [2.24, 2.45) is 13.0 Å². The fourth-order valence-corrected chi connectivity index (χ4v) is 2.10. The molecule has 1 aliphatic rings. The second kappa shape index (κ2) is 6.93. The number of nitrogens with zero attached hydrogens (tertiary/aromatic N) is 2. The Balaban J connectivity index is 0.000000357. The van der Waals surface area contributed by atoms with Crippen LogP contribution in [0.5, 0.6) is 0 Å². The largest absolute Gasteiger partial charge is 0.375 e. The first-order chi connectivity index (χ1) is 8.38. The lowest BCUT2D eigenvalue weighted by atomic mass is 9.96. The quantitative estimate of drug-likeness (QED) is 0.807. The van der Waals surface area contributed by atoms with Crippen molar-refractivity contribution in [1.29, 1.82) is 0 Å². The summed E-state index contributed by atoms with van der Waals surface area (Å²) in [5.74, 6) is 0.833.